The summed E-state index contributed by atoms with van der Waals surface area (Å²) in [7, 11) is 0. The third-order valence-electron chi connectivity index (χ3n) is 3.52. The van der Waals surface area contributed by atoms with Gasteiger partial charge in [0.05, 0.1) is 0 Å². The average molecular weight is 225 g/mol. The smallest absolute Gasteiger partial charge is 0.0316 e. The third kappa shape index (κ3) is 2.50. The number of hydrogen-bond acceptors (Lipinski definition) is 1. The fourth-order valence-electron chi connectivity index (χ4n) is 2.13. The van der Waals surface area contributed by atoms with Crippen LogP contribution in [-0.4, -0.2) is 0 Å². The SMILES string of the molecule is Cc1ccc(Cc2cccc(N)c2)c(C)c1C. The van der Waals surface area contributed by atoms with E-state index in [0.717, 1.165) is 12.1 Å². The summed E-state index contributed by atoms with van der Waals surface area (Å²) in [4.78, 5) is 0. The molecule has 1 heteroatoms. The fraction of sp³-hybridized carbons (Fsp3) is 0.250. The van der Waals surface area contributed by atoms with Gasteiger partial charge in [0, 0.05) is 5.69 Å². The summed E-state index contributed by atoms with van der Waals surface area (Å²) < 4.78 is 0. The van der Waals surface area contributed by atoms with Crippen molar-refractivity contribution in [2.45, 2.75) is 27.2 Å². The Balaban J connectivity index is 2.34. The van der Waals surface area contributed by atoms with Crippen LogP contribution in [0.1, 0.15) is 27.8 Å². The maximum atomic E-state index is 5.80. The van der Waals surface area contributed by atoms with Crippen LogP contribution >= 0.6 is 0 Å². The largest absolute Gasteiger partial charge is 0.399 e. The number of rotatable bonds is 2. The van der Waals surface area contributed by atoms with E-state index in [0.29, 0.717) is 0 Å². The molecule has 0 unspecified atom stereocenters. The fourth-order valence-corrected chi connectivity index (χ4v) is 2.13. The molecule has 0 atom stereocenters. The zero-order chi connectivity index (χ0) is 12.4. The lowest BCUT2D eigenvalue weighted by molar-refractivity contribution is 1.12. The van der Waals surface area contributed by atoms with Crippen molar-refractivity contribution in [2.75, 3.05) is 5.73 Å². The van der Waals surface area contributed by atoms with Gasteiger partial charge in [0.2, 0.25) is 0 Å². The van der Waals surface area contributed by atoms with Crippen LogP contribution in [0.3, 0.4) is 0 Å². The minimum Gasteiger partial charge on any atom is -0.399 e. The molecule has 17 heavy (non-hydrogen) atoms. The predicted molar refractivity (Wildman–Crippen MR) is 74.3 cm³/mol. The van der Waals surface area contributed by atoms with Crippen molar-refractivity contribution < 1.29 is 0 Å². The highest BCUT2D eigenvalue weighted by Gasteiger charge is 2.04. The van der Waals surface area contributed by atoms with Gasteiger partial charge in [-0.3, -0.25) is 0 Å². The molecule has 0 heterocycles. The molecule has 0 aliphatic heterocycles. The third-order valence-corrected chi connectivity index (χ3v) is 3.52. The van der Waals surface area contributed by atoms with Crippen LogP contribution < -0.4 is 5.73 Å². The van der Waals surface area contributed by atoms with Gasteiger partial charge in [-0.05, 0) is 67.1 Å². The molecule has 0 saturated carbocycles. The highest BCUT2D eigenvalue weighted by Crippen LogP contribution is 2.20. The van der Waals surface area contributed by atoms with Gasteiger partial charge < -0.3 is 5.73 Å². The van der Waals surface area contributed by atoms with Gasteiger partial charge in [-0.1, -0.05) is 24.3 Å². The first kappa shape index (κ1) is 11.7. The van der Waals surface area contributed by atoms with Gasteiger partial charge in [0.25, 0.3) is 0 Å². The molecule has 1 nitrogen and oxygen atoms in total. The first-order valence-corrected chi connectivity index (χ1v) is 5.98. The summed E-state index contributed by atoms with van der Waals surface area (Å²) in [5, 5.41) is 0. The van der Waals surface area contributed by atoms with E-state index < -0.39 is 0 Å². The highest BCUT2D eigenvalue weighted by atomic mass is 14.5. The van der Waals surface area contributed by atoms with Crippen LogP contribution in [-0.2, 0) is 6.42 Å². The van der Waals surface area contributed by atoms with Gasteiger partial charge in [-0.2, -0.15) is 0 Å². The first-order valence-electron chi connectivity index (χ1n) is 5.98. The molecule has 0 aromatic heterocycles. The maximum absolute atomic E-state index is 5.80. The van der Waals surface area contributed by atoms with Gasteiger partial charge >= 0.3 is 0 Å². The second kappa shape index (κ2) is 4.62. The van der Waals surface area contributed by atoms with Crippen molar-refractivity contribution in [3.63, 3.8) is 0 Å². The Hall–Kier alpha value is -1.76. The molecular formula is C16H19N. The Kier molecular flexibility index (Phi) is 3.19. The van der Waals surface area contributed by atoms with Crippen LogP contribution in [0.15, 0.2) is 36.4 Å². The summed E-state index contributed by atoms with van der Waals surface area (Å²) in [5.41, 5.74) is 13.5. The minimum absolute atomic E-state index is 0.837. The highest BCUT2D eigenvalue weighted by molar-refractivity contribution is 5.45. The minimum atomic E-state index is 0.837. The summed E-state index contributed by atoms with van der Waals surface area (Å²) >= 11 is 0. The normalized spacial score (nSPS) is 10.5. The summed E-state index contributed by atoms with van der Waals surface area (Å²) in [6.45, 7) is 6.55. The molecule has 0 radical (unpaired) electrons. The topological polar surface area (TPSA) is 26.0 Å². The van der Waals surface area contributed by atoms with Crippen molar-refractivity contribution in [2.24, 2.45) is 0 Å². The van der Waals surface area contributed by atoms with Crippen molar-refractivity contribution >= 4 is 5.69 Å². The number of anilines is 1. The van der Waals surface area contributed by atoms with Gasteiger partial charge in [0.1, 0.15) is 0 Å². The second-order valence-corrected chi connectivity index (χ2v) is 4.71. The van der Waals surface area contributed by atoms with Crippen molar-refractivity contribution in [1.29, 1.82) is 0 Å². The summed E-state index contributed by atoms with van der Waals surface area (Å²) in [5.74, 6) is 0. The van der Waals surface area contributed by atoms with E-state index in [1.807, 2.05) is 12.1 Å². The Labute approximate surface area is 103 Å². The Morgan fingerprint density at radius 2 is 1.71 bits per heavy atom. The molecule has 0 aliphatic rings. The number of nitrogen functional groups attached to an aromatic ring is 1. The van der Waals surface area contributed by atoms with Crippen LogP contribution in [0.2, 0.25) is 0 Å². The number of hydrogen-bond donors (Lipinski definition) is 1. The zero-order valence-electron chi connectivity index (χ0n) is 10.7. The van der Waals surface area contributed by atoms with Gasteiger partial charge in [-0.25, -0.2) is 0 Å². The number of nitrogens with two attached hydrogens (primary N) is 1. The Morgan fingerprint density at radius 1 is 0.941 bits per heavy atom. The van der Waals surface area contributed by atoms with Crippen LogP contribution in [0.5, 0.6) is 0 Å². The van der Waals surface area contributed by atoms with Crippen molar-refractivity contribution in [1.82, 2.24) is 0 Å². The standard InChI is InChI=1S/C16H19N/c1-11-7-8-15(13(3)12(11)2)9-14-5-4-6-16(17)10-14/h4-8,10H,9,17H2,1-3H3. The van der Waals surface area contributed by atoms with E-state index in [2.05, 4.69) is 45.0 Å². The van der Waals surface area contributed by atoms with E-state index in [1.54, 1.807) is 0 Å². The van der Waals surface area contributed by atoms with Gasteiger partial charge in [0.15, 0.2) is 0 Å². The summed E-state index contributed by atoms with van der Waals surface area (Å²) in [6.07, 6.45) is 0.956. The molecule has 0 aliphatic carbocycles. The molecule has 2 rings (SSSR count). The van der Waals surface area contributed by atoms with Gasteiger partial charge in [-0.15, -0.1) is 0 Å². The molecule has 0 spiro atoms. The lowest BCUT2D eigenvalue weighted by atomic mass is 9.94. The first-order chi connectivity index (χ1) is 8.08. The molecule has 0 bridgehead atoms. The zero-order valence-corrected chi connectivity index (χ0v) is 10.7. The van der Waals surface area contributed by atoms with E-state index >= 15 is 0 Å². The van der Waals surface area contributed by atoms with Crippen LogP contribution in [0.25, 0.3) is 0 Å². The average Bonchev–Trinajstić information content (AvgIpc) is 2.30. The molecule has 0 amide bonds. The molecule has 2 aromatic rings. The molecular weight excluding hydrogens is 206 g/mol. The lowest BCUT2D eigenvalue weighted by Crippen LogP contribution is -1.97. The van der Waals surface area contributed by atoms with E-state index in [4.69, 9.17) is 5.73 Å². The van der Waals surface area contributed by atoms with E-state index in [-0.39, 0.29) is 0 Å². The number of aryl methyl sites for hydroxylation is 1. The molecule has 2 aromatic carbocycles. The van der Waals surface area contributed by atoms with E-state index in [9.17, 15) is 0 Å². The Morgan fingerprint density at radius 3 is 2.41 bits per heavy atom. The van der Waals surface area contributed by atoms with E-state index in [1.165, 1.54) is 27.8 Å². The summed E-state index contributed by atoms with van der Waals surface area (Å²) in [6, 6.07) is 12.5. The predicted octanol–water partition coefficient (Wildman–Crippen LogP) is 3.78. The molecule has 0 saturated heterocycles. The quantitative estimate of drug-likeness (QED) is 0.773. The van der Waals surface area contributed by atoms with Crippen LogP contribution in [0.4, 0.5) is 5.69 Å². The number of benzene rings is 2. The van der Waals surface area contributed by atoms with Crippen molar-refractivity contribution in [3.8, 4) is 0 Å². The molecule has 88 valence electrons. The maximum Gasteiger partial charge on any atom is 0.0316 e. The molecule has 0 fully saturated rings. The van der Waals surface area contributed by atoms with Crippen molar-refractivity contribution in [3.05, 3.63) is 64.2 Å². The monoisotopic (exact) mass is 225 g/mol. The van der Waals surface area contributed by atoms with Crippen LogP contribution in [0, 0.1) is 20.8 Å². The lowest BCUT2D eigenvalue weighted by Gasteiger charge is -2.11. The molecule has 2 N–H and O–H groups in total. The second-order valence-electron chi connectivity index (χ2n) is 4.71. The Bertz CT molecular complexity index is 541.